The third kappa shape index (κ3) is 6.68. The van der Waals surface area contributed by atoms with Crippen molar-refractivity contribution >= 4 is 15.9 Å². The Morgan fingerprint density at radius 2 is 1.65 bits per heavy atom. The van der Waals surface area contributed by atoms with Gasteiger partial charge in [-0.2, -0.15) is 34.9 Å². The standard InChI is InChI=1S/C10H13.C8H16N2O4S.Y/c1-4-10-8(2)6-5-7-9(10)3;1-5-10(6-2)15(13,14)8(3,4)7(11)9-12;/h6-7H,4H2,1-3H3;12H,1-2,5-6H2,3-4H3,(H,9,11);/q-1;-2;+3. The summed E-state index contributed by atoms with van der Waals surface area (Å²) in [5.74, 6) is -0.991. The number of benzene rings is 1. The van der Waals surface area contributed by atoms with E-state index in [9.17, 15) is 13.2 Å². The molecule has 0 saturated heterocycles. The number of amides is 1. The summed E-state index contributed by atoms with van der Waals surface area (Å²) in [6.45, 7) is 15.7. The van der Waals surface area contributed by atoms with E-state index >= 15 is 0 Å². The first-order valence-corrected chi connectivity index (χ1v) is 9.44. The van der Waals surface area contributed by atoms with Gasteiger partial charge in [0.1, 0.15) is 0 Å². The van der Waals surface area contributed by atoms with Crippen molar-refractivity contribution in [3.05, 3.63) is 48.7 Å². The summed E-state index contributed by atoms with van der Waals surface area (Å²) in [4.78, 5) is 11.2. The normalized spacial score (nSPS) is 11.3. The number of nitrogens with one attached hydrogen (secondary N) is 1. The minimum atomic E-state index is -3.88. The molecule has 0 heterocycles. The van der Waals surface area contributed by atoms with Gasteiger partial charge in [0.2, 0.25) is 10.0 Å². The van der Waals surface area contributed by atoms with Crippen LogP contribution in [-0.2, 0) is 53.9 Å². The van der Waals surface area contributed by atoms with E-state index in [0.29, 0.717) is 0 Å². The maximum atomic E-state index is 11.9. The molecule has 6 nitrogen and oxygen atoms in total. The van der Waals surface area contributed by atoms with Crippen LogP contribution in [0.2, 0.25) is 0 Å². The molecule has 0 aliphatic rings. The van der Waals surface area contributed by atoms with Gasteiger partial charge in [0.15, 0.2) is 4.75 Å². The van der Waals surface area contributed by atoms with Crippen molar-refractivity contribution in [2.45, 2.75) is 45.8 Å². The number of nitrogens with zero attached hydrogens (tertiary/aromatic N) is 1. The van der Waals surface area contributed by atoms with E-state index in [4.69, 9.17) is 5.21 Å². The van der Waals surface area contributed by atoms with Crippen molar-refractivity contribution < 1.29 is 51.1 Å². The molecule has 1 rings (SSSR count). The number of carbonyl (C=O) groups is 1. The molecule has 0 bridgehead atoms. The zero-order chi connectivity index (χ0) is 19.8. The van der Waals surface area contributed by atoms with Crippen LogP contribution < -0.4 is 5.48 Å². The summed E-state index contributed by atoms with van der Waals surface area (Å²) in [6, 6.07) is 7.20. The topological polar surface area (TPSA) is 86.7 Å². The van der Waals surface area contributed by atoms with Gasteiger partial charge in [-0.05, 0) is 13.8 Å². The number of hydrogen-bond donors (Lipinski definition) is 2. The third-order valence-electron chi connectivity index (χ3n) is 4.04. The number of aryl methyl sites for hydroxylation is 2. The number of rotatable bonds is 6. The molecule has 1 amide bonds. The number of sulfonamides is 1. The van der Waals surface area contributed by atoms with Gasteiger partial charge in [-0.1, -0.05) is 27.2 Å². The first-order chi connectivity index (χ1) is 11.5. The Bertz CT molecular complexity index is 652. The van der Waals surface area contributed by atoms with Gasteiger partial charge in [0, 0.05) is 0 Å². The van der Waals surface area contributed by atoms with Gasteiger partial charge in [0.25, 0.3) is 5.91 Å². The molecule has 0 atom stereocenters. The van der Waals surface area contributed by atoms with Crippen molar-refractivity contribution in [2.75, 3.05) is 13.1 Å². The monoisotopic (exact) mass is 458 g/mol. The van der Waals surface area contributed by atoms with Crippen molar-refractivity contribution in [3.63, 3.8) is 0 Å². The molecule has 2 N–H and O–H groups in total. The van der Waals surface area contributed by atoms with Crippen LogP contribution in [0.25, 0.3) is 0 Å². The molecule has 0 unspecified atom stereocenters. The van der Waals surface area contributed by atoms with E-state index in [1.807, 2.05) is 12.1 Å². The first-order valence-electron chi connectivity index (χ1n) is 8.00. The van der Waals surface area contributed by atoms with Crippen LogP contribution in [0.5, 0.6) is 0 Å². The number of carbonyl (C=O) groups excluding carboxylic acids is 1. The molecular formula is C18H29N2O4SY. The molecule has 0 radical (unpaired) electrons. The third-order valence-corrected chi connectivity index (χ3v) is 6.56. The predicted octanol–water partition coefficient (Wildman–Crippen LogP) is 2.23. The second-order valence-corrected chi connectivity index (χ2v) is 8.50. The van der Waals surface area contributed by atoms with Crippen molar-refractivity contribution in [1.29, 1.82) is 0 Å². The number of hydroxylamine groups is 1. The molecule has 1 aromatic rings. The molecule has 8 heteroatoms. The fraction of sp³-hybridized carbons (Fsp3) is 0.500. The Balaban J connectivity index is 0. The Hall–Kier alpha value is -0.336. The van der Waals surface area contributed by atoms with Gasteiger partial charge < -0.3 is 13.8 Å². The summed E-state index contributed by atoms with van der Waals surface area (Å²) >= 11 is 0. The minimum Gasteiger partial charge on any atom is -0.329 e. The van der Waals surface area contributed by atoms with E-state index < -0.39 is 20.7 Å². The summed E-state index contributed by atoms with van der Waals surface area (Å²) in [5, 5.41) is 8.45. The molecule has 26 heavy (non-hydrogen) atoms. The van der Waals surface area contributed by atoms with Crippen LogP contribution in [0.3, 0.4) is 0 Å². The van der Waals surface area contributed by atoms with Crippen LogP contribution in [0, 0.1) is 33.8 Å². The molecule has 0 spiro atoms. The average Bonchev–Trinajstić information content (AvgIpc) is 2.55. The van der Waals surface area contributed by atoms with Crippen LogP contribution in [-0.4, -0.2) is 41.7 Å². The van der Waals surface area contributed by atoms with E-state index in [1.165, 1.54) is 36.0 Å². The average molecular weight is 458 g/mol. The van der Waals surface area contributed by atoms with Gasteiger partial charge in [-0.3, -0.25) is 14.3 Å². The van der Waals surface area contributed by atoms with E-state index in [0.717, 1.165) is 10.7 Å². The Morgan fingerprint density at radius 3 is 1.92 bits per heavy atom. The first kappa shape index (κ1) is 27.9. The fourth-order valence-electron chi connectivity index (χ4n) is 2.26. The Kier molecular flexibility index (Phi) is 13.1. The summed E-state index contributed by atoms with van der Waals surface area (Å²) in [7, 11) is -3.88. The zero-order valence-corrected chi connectivity index (χ0v) is 19.9. The van der Waals surface area contributed by atoms with E-state index in [-0.39, 0.29) is 45.8 Å². The Morgan fingerprint density at radius 1 is 1.23 bits per heavy atom. The molecule has 144 valence electrons. The van der Waals surface area contributed by atoms with Gasteiger partial charge in [0.05, 0.1) is 0 Å². The summed E-state index contributed by atoms with van der Waals surface area (Å²) in [6.07, 6.45) is 1.13. The molecular weight excluding hydrogens is 429 g/mol. The molecule has 0 fully saturated rings. The minimum absolute atomic E-state index is 0. The molecule has 0 saturated carbocycles. The molecule has 0 aliphatic heterocycles. The van der Waals surface area contributed by atoms with E-state index in [2.05, 4.69) is 40.7 Å². The molecule has 1 aromatic carbocycles. The van der Waals surface area contributed by atoms with Crippen molar-refractivity contribution in [1.82, 2.24) is 9.79 Å². The number of hydrogen-bond acceptors (Lipinski definition) is 4. The van der Waals surface area contributed by atoms with Crippen LogP contribution in [0.4, 0.5) is 0 Å². The fourth-order valence-corrected chi connectivity index (χ4v) is 3.67. The second kappa shape index (κ2) is 12.2. The SMILES string of the molecule is CCc1c(C)c[c-]cc1C.[CH2-]CN(C[CH2-])S(=O)(=O)C(C)(C)C(=O)NO.[Y+3]. The maximum absolute atomic E-state index is 11.9. The van der Waals surface area contributed by atoms with Gasteiger partial charge in [-0.25, -0.2) is 13.9 Å². The molecule has 0 aromatic heterocycles. The maximum Gasteiger partial charge on any atom is 3.00 e. The smallest absolute Gasteiger partial charge is 0.329 e. The van der Waals surface area contributed by atoms with E-state index in [1.54, 1.807) is 0 Å². The van der Waals surface area contributed by atoms with Crippen molar-refractivity contribution in [3.8, 4) is 0 Å². The predicted molar refractivity (Wildman–Crippen MR) is 99.3 cm³/mol. The zero-order valence-electron chi connectivity index (χ0n) is 16.3. The molecule has 0 aliphatic carbocycles. The van der Waals surface area contributed by atoms with Crippen LogP contribution >= 0.6 is 0 Å². The van der Waals surface area contributed by atoms with Gasteiger partial charge >= 0.3 is 32.7 Å². The second-order valence-electron chi connectivity index (χ2n) is 6.01. The van der Waals surface area contributed by atoms with Crippen LogP contribution in [0.15, 0.2) is 12.1 Å². The Labute approximate surface area is 183 Å². The van der Waals surface area contributed by atoms with Gasteiger partial charge in [-0.15, -0.1) is 13.1 Å². The van der Waals surface area contributed by atoms with Crippen molar-refractivity contribution in [2.24, 2.45) is 0 Å². The summed E-state index contributed by atoms with van der Waals surface area (Å²) in [5.41, 5.74) is 5.53. The summed E-state index contributed by atoms with van der Waals surface area (Å²) < 4.78 is 23.0. The largest absolute Gasteiger partial charge is 3.00 e. The quantitative estimate of drug-likeness (QED) is 0.389. The van der Waals surface area contributed by atoms with Crippen LogP contribution in [0.1, 0.15) is 37.5 Å².